The summed E-state index contributed by atoms with van der Waals surface area (Å²) in [4.78, 5) is 9.85. The number of carboxylic acids is 1. The number of hydrogen-bond donors (Lipinski definition) is 2. The SMILES string of the molecule is CS(=O)(=O)CCNS(=O)(=O)c1cc(Cl)cc(C(=O)O)c1F. The number of benzene rings is 1. The van der Waals surface area contributed by atoms with Crippen LogP contribution in [0.3, 0.4) is 0 Å². The van der Waals surface area contributed by atoms with Crippen LogP contribution in [0.4, 0.5) is 4.39 Å². The summed E-state index contributed by atoms with van der Waals surface area (Å²) >= 11 is 5.56. The number of carboxylic acid groups (broad SMARTS) is 1. The van der Waals surface area contributed by atoms with Crippen LogP contribution in [-0.4, -0.2) is 46.5 Å². The van der Waals surface area contributed by atoms with E-state index in [0.717, 1.165) is 18.4 Å². The first-order valence-corrected chi connectivity index (χ1v) is 9.26. The normalized spacial score (nSPS) is 12.3. The summed E-state index contributed by atoms with van der Waals surface area (Å²) in [5.74, 6) is -3.64. The van der Waals surface area contributed by atoms with Crippen molar-refractivity contribution in [2.24, 2.45) is 0 Å². The van der Waals surface area contributed by atoms with Gasteiger partial charge in [-0.3, -0.25) is 0 Å². The predicted octanol–water partition coefficient (Wildman–Crippen LogP) is 0.500. The van der Waals surface area contributed by atoms with E-state index in [9.17, 15) is 26.0 Å². The lowest BCUT2D eigenvalue weighted by Crippen LogP contribution is -2.30. The maximum Gasteiger partial charge on any atom is 0.338 e. The summed E-state index contributed by atoms with van der Waals surface area (Å²) in [5.41, 5.74) is -0.897. The van der Waals surface area contributed by atoms with E-state index in [0.29, 0.717) is 0 Å². The topological polar surface area (TPSA) is 118 Å². The minimum absolute atomic E-state index is 0.280. The molecule has 0 bridgehead atoms. The van der Waals surface area contributed by atoms with E-state index < -0.39 is 54.4 Å². The van der Waals surface area contributed by atoms with Gasteiger partial charge in [0, 0.05) is 17.8 Å². The highest BCUT2D eigenvalue weighted by Gasteiger charge is 2.25. The molecule has 1 rings (SSSR count). The Bertz CT molecular complexity index is 775. The Balaban J connectivity index is 3.17. The van der Waals surface area contributed by atoms with Gasteiger partial charge >= 0.3 is 5.97 Å². The van der Waals surface area contributed by atoms with Crippen LogP contribution in [0, 0.1) is 5.82 Å². The van der Waals surface area contributed by atoms with Crippen molar-refractivity contribution in [3.05, 3.63) is 28.5 Å². The van der Waals surface area contributed by atoms with Crippen molar-refractivity contribution in [2.75, 3.05) is 18.6 Å². The highest BCUT2D eigenvalue weighted by atomic mass is 35.5. The number of sulfone groups is 1. The van der Waals surface area contributed by atoms with Crippen LogP contribution < -0.4 is 4.72 Å². The van der Waals surface area contributed by atoms with Crippen molar-refractivity contribution in [3.63, 3.8) is 0 Å². The smallest absolute Gasteiger partial charge is 0.338 e. The molecule has 0 spiro atoms. The lowest BCUT2D eigenvalue weighted by Gasteiger charge is -2.09. The summed E-state index contributed by atoms with van der Waals surface area (Å²) in [6.07, 6.45) is 0.907. The molecule has 0 radical (unpaired) electrons. The Morgan fingerprint density at radius 1 is 1.33 bits per heavy atom. The van der Waals surface area contributed by atoms with Gasteiger partial charge in [-0.05, 0) is 12.1 Å². The van der Waals surface area contributed by atoms with Gasteiger partial charge in [0.2, 0.25) is 10.0 Å². The van der Waals surface area contributed by atoms with Crippen molar-refractivity contribution < 1.29 is 31.1 Å². The zero-order chi connectivity index (χ0) is 16.4. The van der Waals surface area contributed by atoms with Crippen LogP contribution >= 0.6 is 11.6 Å². The number of halogens is 2. The molecular formula is C10H11ClFNO6S2. The molecule has 0 aliphatic rings. The van der Waals surface area contributed by atoms with Crippen LogP contribution in [-0.2, 0) is 19.9 Å². The van der Waals surface area contributed by atoms with Gasteiger partial charge in [-0.25, -0.2) is 30.7 Å². The average Bonchev–Trinajstić information content (AvgIpc) is 2.29. The minimum Gasteiger partial charge on any atom is -0.478 e. The van der Waals surface area contributed by atoms with Crippen molar-refractivity contribution in [1.29, 1.82) is 0 Å². The summed E-state index contributed by atoms with van der Waals surface area (Å²) in [6, 6.07) is 1.51. The van der Waals surface area contributed by atoms with E-state index in [-0.39, 0.29) is 5.02 Å². The molecule has 0 amide bonds. The Morgan fingerprint density at radius 3 is 2.38 bits per heavy atom. The molecule has 0 unspecified atom stereocenters. The zero-order valence-electron chi connectivity index (χ0n) is 10.6. The lowest BCUT2D eigenvalue weighted by molar-refractivity contribution is 0.0691. The number of nitrogens with one attached hydrogen (secondary N) is 1. The largest absolute Gasteiger partial charge is 0.478 e. The molecule has 0 atom stereocenters. The average molecular weight is 360 g/mol. The summed E-state index contributed by atoms with van der Waals surface area (Å²) in [6.45, 7) is -0.477. The molecule has 118 valence electrons. The summed E-state index contributed by atoms with van der Waals surface area (Å²) in [5, 5.41) is 8.49. The summed E-state index contributed by atoms with van der Waals surface area (Å²) < 4.78 is 61.3. The van der Waals surface area contributed by atoms with Gasteiger partial charge in [0.05, 0.1) is 11.3 Å². The van der Waals surface area contributed by atoms with Gasteiger partial charge in [-0.15, -0.1) is 0 Å². The molecule has 2 N–H and O–H groups in total. The van der Waals surface area contributed by atoms with Gasteiger partial charge in [0.15, 0.2) is 5.82 Å². The second-order valence-electron chi connectivity index (χ2n) is 4.10. The minimum atomic E-state index is -4.43. The first kappa shape index (κ1) is 17.8. The predicted molar refractivity (Wildman–Crippen MR) is 73.3 cm³/mol. The summed E-state index contributed by atoms with van der Waals surface area (Å²) in [7, 11) is -7.84. The van der Waals surface area contributed by atoms with Gasteiger partial charge in [0.1, 0.15) is 14.7 Å². The molecule has 1 aromatic carbocycles. The first-order valence-electron chi connectivity index (χ1n) is 5.34. The first-order chi connectivity index (χ1) is 9.44. The molecule has 0 heterocycles. The van der Waals surface area contributed by atoms with Crippen LogP contribution in [0.15, 0.2) is 17.0 Å². The fourth-order valence-electron chi connectivity index (χ4n) is 1.35. The van der Waals surface area contributed by atoms with Crippen LogP contribution in [0.2, 0.25) is 5.02 Å². The van der Waals surface area contributed by atoms with E-state index in [1.54, 1.807) is 0 Å². The molecule has 0 aliphatic carbocycles. The Kier molecular flexibility index (Phi) is 5.31. The van der Waals surface area contributed by atoms with E-state index in [2.05, 4.69) is 0 Å². The maximum atomic E-state index is 13.9. The third-order valence-corrected chi connectivity index (χ3v) is 4.91. The Labute approximate surface area is 125 Å². The molecular weight excluding hydrogens is 349 g/mol. The van der Waals surface area contributed by atoms with Gasteiger partial charge in [-0.2, -0.15) is 0 Å². The zero-order valence-corrected chi connectivity index (χ0v) is 13.0. The fraction of sp³-hybridized carbons (Fsp3) is 0.300. The molecule has 11 heteroatoms. The number of aromatic carboxylic acids is 1. The van der Waals surface area contributed by atoms with Crippen molar-refractivity contribution in [1.82, 2.24) is 4.72 Å². The standard InChI is InChI=1S/C10H11ClFNO6S2/c1-20(16,17)3-2-13-21(18,19)8-5-6(11)4-7(9(8)12)10(14)15/h4-5,13H,2-3H2,1H3,(H,14,15). The van der Waals surface area contributed by atoms with Crippen LogP contribution in [0.5, 0.6) is 0 Å². The fourth-order valence-corrected chi connectivity index (χ4v) is 3.39. The van der Waals surface area contributed by atoms with E-state index in [1.807, 2.05) is 4.72 Å². The van der Waals surface area contributed by atoms with Gasteiger partial charge in [0.25, 0.3) is 0 Å². The second kappa shape index (κ2) is 6.26. The lowest BCUT2D eigenvalue weighted by atomic mass is 10.2. The molecule has 0 aliphatic heterocycles. The van der Waals surface area contributed by atoms with Crippen molar-refractivity contribution >= 4 is 37.4 Å². The maximum absolute atomic E-state index is 13.9. The molecule has 0 saturated heterocycles. The highest BCUT2D eigenvalue weighted by Crippen LogP contribution is 2.23. The van der Waals surface area contributed by atoms with Crippen molar-refractivity contribution in [3.8, 4) is 0 Å². The number of carbonyl (C=O) groups is 1. The Morgan fingerprint density at radius 2 is 1.90 bits per heavy atom. The van der Waals surface area contributed by atoms with E-state index >= 15 is 0 Å². The molecule has 21 heavy (non-hydrogen) atoms. The third kappa shape index (κ3) is 4.92. The van der Waals surface area contributed by atoms with Gasteiger partial charge in [-0.1, -0.05) is 11.6 Å². The monoisotopic (exact) mass is 359 g/mol. The van der Waals surface area contributed by atoms with Gasteiger partial charge < -0.3 is 5.11 Å². The quantitative estimate of drug-likeness (QED) is 0.763. The van der Waals surface area contributed by atoms with E-state index in [4.69, 9.17) is 16.7 Å². The Hall–Kier alpha value is -1.23. The number of hydrogen-bond acceptors (Lipinski definition) is 5. The number of sulfonamides is 1. The second-order valence-corrected chi connectivity index (χ2v) is 8.53. The third-order valence-electron chi connectivity index (χ3n) is 2.29. The van der Waals surface area contributed by atoms with Crippen molar-refractivity contribution in [2.45, 2.75) is 4.90 Å². The molecule has 7 nitrogen and oxygen atoms in total. The molecule has 0 aromatic heterocycles. The number of rotatable bonds is 6. The van der Waals surface area contributed by atoms with E-state index in [1.165, 1.54) is 0 Å². The van der Waals surface area contributed by atoms with Crippen LogP contribution in [0.25, 0.3) is 0 Å². The molecule has 1 aromatic rings. The highest BCUT2D eigenvalue weighted by molar-refractivity contribution is 7.91. The molecule has 0 fully saturated rings. The van der Waals surface area contributed by atoms with Crippen LogP contribution in [0.1, 0.15) is 10.4 Å². The molecule has 0 saturated carbocycles.